The predicted octanol–water partition coefficient (Wildman–Crippen LogP) is 5.03. The first-order chi connectivity index (χ1) is 10.9. The molecule has 0 amide bonds. The van der Waals surface area contributed by atoms with Crippen molar-refractivity contribution in [3.05, 3.63) is 47.9 Å². The van der Waals surface area contributed by atoms with Crippen LogP contribution in [0.15, 0.2) is 35.4 Å². The monoisotopic (exact) mass is 315 g/mol. The third-order valence-corrected chi connectivity index (χ3v) is 3.37. The van der Waals surface area contributed by atoms with Crippen LogP contribution >= 0.6 is 0 Å². The average molecular weight is 315 g/mol. The number of aryl methyl sites for hydroxylation is 2. The Balaban J connectivity index is 0.000000924. The van der Waals surface area contributed by atoms with Gasteiger partial charge >= 0.3 is 0 Å². The number of rotatable bonds is 4. The van der Waals surface area contributed by atoms with E-state index in [1.807, 2.05) is 52.8 Å². The molecular weight excluding hydrogens is 290 g/mol. The van der Waals surface area contributed by atoms with Crippen molar-refractivity contribution in [2.24, 2.45) is 0 Å². The molecule has 0 radical (unpaired) electrons. The van der Waals surface area contributed by atoms with Crippen molar-refractivity contribution in [3.8, 4) is 11.5 Å². The van der Waals surface area contributed by atoms with E-state index in [-0.39, 0.29) is 0 Å². The van der Waals surface area contributed by atoms with Crippen LogP contribution in [-0.2, 0) is 12.8 Å². The van der Waals surface area contributed by atoms with Crippen molar-refractivity contribution in [3.63, 3.8) is 0 Å². The molecule has 23 heavy (non-hydrogen) atoms. The van der Waals surface area contributed by atoms with Crippen LogP contribution < -0.4 is 9.47 Å². The third-order valence-electron chi connectivity index (χ3n) is 3.37. The fraction of sp³-hybridized carbons (Fsp3) is 0.421. The maximum Gasteiger partial charge on any atom is 0.246 e. The van der Waals surface area contributed by atoms with Crippen LogP contribution in [0.25, 0.3) is 5.57 Å². The molecule has 4 nitrogen and oxygen atoms in total. The highest BCUT2D eigenvalue weighted by Crippen LogP contribution is 2.39. The lowest BCUT2D eigenvalue weighted by Gasteiger charge is -2.16. The Morgan fingerprint density at radius 1 is 1.09 bits per heavy atom. The van der Waals surface area contributed by atoms with Gasteiger partial charge in [0.05, 0.1) is 5.69 Å². The molecule has 0 aliphatic carbocycles. The molecular formula is C19H25NO3. The van der Waals surface area contributed by atoms with E-state index in [2.05, 4.69) is 17.8 Å². The SMILES string of the molecule is C=C(C)c1cc(CCc2ccc3c(c2)OC(C)(C)O3)no1.CC. The second-order valence-electron chi connectivity index (χ2n) is 5.85. The molecule has 0 saturated carbocycles. The van der Waals surface area contributed by atoms with Gasteiger partial charge in [0, 0.05) is 19.9 Å². The van der Waals surface area contributed by atoms with Gasteiger partial charge in [0.25, 0.3) is 0 Å². The van der Waals surface area contributed by atoms with Gasteiger partial charge in [-0.1, -0.05) is 31.6 Å². The fourth-order valence-electron chi connectivity index (χ4n) is 2.33. The number of allylic oxidation sites excluding steroid dienone is 1. The van der Waals surface area contributed by atoms with Gasteiger partial charge in [-0.25, -0.2) is 0 Å². The number of hydrogen-bond acceptors (Lipinski definition) is 4. The second-order valence-corrected chi connectivity index (χ2v) is 5.85. The molecule has 0 bridgehead atoms. The lowest BCUT2D eigenvalue weighted by molar-refractivity contribution is -0.0431. The summed E-state index contributed by atoms with van der Waals surface area (Å²) in [5, 5.41) is 4.06. The van der Waals surface area contributed by atoms with Crippen LogP contribution in [0.2, 0.25) is 0 Å². The lowest BCUT2D eigenvalue weighted by atomic mass is 10.1. The highest BCUT2D eigenvalue weighted by molar-refractivity contribution is 5.56. The molecule has 0 atom stereocenters. The van der Waals surface area contributed by atoms with Crippen LogP contribution in [0.5, 0.6) is 11.5 Å². The average Bonchev–Trinajstić information content (AvgIpc) is 3.09. The Hall–Kier alpha value is -2.23. The van der Waals surface area contributed by atoms with Crippen molar-refractivity contribution in [1.82, 2.24) is 5.16 Å². The van der Waals surface area contributed by atoms with Gasteiger partial charge in [0.2, 0.25) is 5.79 Å². The quantitative estimate of drug-likeness (QED) is 0.794. The Morgan fingerprint density at radius 2 is 1.78 bits per heavy atom. The Kier molecular flexibility index (Phi) is 5.14. The number of aromatic nitrogens is 1. The molecule has 0 spiro atoms. The minimum absolute atomic E-state index is 0.580. The number of benzene rings is 1. The van der Waals surface area contributed by atoms with Crippen molar-refractivity contribution in [2.75, 3.05) is 0 Å². The molecule has 0 unspecified atom stereocenters. The molecule has 1 aromatic carbocycles. The first-order valence-electron chi connectivity index (χ1n) is 8.05. The zero-order valence-electron chi connectivity index (χ0n) is 14.6. The summed E-state index contributed by atoms with van der Waals surface area (Å²) in [4.78, 5) is 0. The molecule has 0 saturated heterocycles. The van der Waals surface area contributed by atoms with E-state index >= 15 is 0 Å². The maximum atomic E-state index is 5.75. The summed E-state index contributed by atoms with van der Waals surface area (Å²) in [6.45, 7) is 13.6. The standard InChI is InChI=1S/C17H19NO3.C2H6/c1-11(2)15-10-13(18-21-15)7-5-12-6-8-14-16(9-12)20-17(3,4)19-14;1-2/h6,8-10H,1,5,7H2,2-4H3;1-2H3. The molecule has 1 aromatic heterocycles. The van der Waals surface area contributed by atoms with Crippen molar-refractivity contribution in [1.29, 1.82) is 0 Å². The van der Waals surface area contributed by atoms with Crippen molar-refractivity contribution < 1.29 is 14.0 Å². The van der Waals surface area contributed by atoms with E-state index in [0.717, 1.165) is 41.4 Å². The zero-order chi connectivity index (χ0) is 17.0. The lowest BCUT2D eigenvalue weighted by Crippen LogP contribution is -2.29. The molecule has 3 rings (SSSR count). The third kappa shape index (κ3) is 4.15. The molecule has 0 N–H and O–H groups in total. The van der Waals surface area contributed by atoms with Crippen molar-refractivity contribution in [2.45, 2.75) is 53.2 Å². The first kappa shape index (κ1) is 17.1. The molecule has 0 fully saturated rings. The largest absolute Gasteiger partial charge is 0.449 e. The smallest absolute Gasteiger partial charge is 0.246 e. The molecule has 4 heteroatoms. The van der Waals surface area contributed by atoms with Gasteiger partial charge in [-0.05, 0) is 43.0 Å². The van der Waals surface area contributed by atoms with Gasteiger partial charge in [0.1, 0.15) is 0 Å². The Labute approximate surface area is 138 Å². The van der Waals surface area contributed by atoms with E-state index in [9.17, 15) is 0 Å². The van der Waals surface area contributed by atoms with Gasteiger partial charge < -0.3 is 14.0 Å². The fourth-order valence-corrected chi connectivity index (χ4v) is 2.33. The van der Waals surface area contributed by atoms with Gasteiger partial charge in [-0.3, -0.25) is 0 Å². The Morgan fingerprint density at radius 3 is 2.43 bits per heavy atom. The summed E-state index contributed by atoms with van der Waals surface area (Å²) in [6, 6.07) is 7.99. The summed E-state index contributed by atoms with van der Waals surface area (Å²) in [6.07, 6.45) is 1.69. The highest BCUT2D eigenvalue weighted by atomic mass is 16.7. The van der Waals surface area contributed by atoms with Gasteiger partial charge in [0.15, 0.2) is 17.3 Å². The number of hydrogen-bond donors (Lipinski definition) is 0. The van der Waals surface area contributed by atoms with Crippen LogP contribution in [0.4, 0.5) is 0 Å². The summed E-state index contributed by atoms with van der Waals surface area (Å²) in [5.74, 6) is 1.77. The maximum absolute atomic E-state index is 5.75. The first-order valence-corrected chi connectivity index (χ1v) is 8.05. The van der Waals surface area contributed by atoms with E-state index in [1.54, 1.807) is 0 Å². The van der Waals surface area contributed by atoms with E-state index in [0.29, 0.717) is 0 Å². The minimum Gasteiger partial charge on any atom is -0.449 e. The van der Waals surface area contributed by atoms with Crippen LogP contribution in [0, 0.1) is 0 Å². The number of fused-ring (bicyclic) bond motifs is 1. The topological polar surface area (TPSA) is 44.5 Å². The highest BCUT2D eigenvalue weighted by Gasteiger charge is 2.31. The van der Waals surface area contributed by atoms with Crippen LogP contribution in [0.3, 0.4) is 0 Å². The molecule has 1 aliphatic heterocycles. The summed E-state index contributed by atoms with van der Waals surface area (Å²) in [7, 11) is 0. The molecule has 124 valence electrons. The van der Waals surface area contributed by atoms with Crippen LogP contribution in [0.1, 0.15) is 51.6 Å². The Bertz CT molecular complexity index is 686. The number of ether oxygens (including phenoxy) is 2. The summed E-state index contributed by atoms with van der Waals surface area (Å²) >= 11 is 0. The second kappa shape index (κ2) is 6.90. The normalized spacial score (nSPS) is 14.1. The van der Waals surface area contributed by atoms with E-state index in [1.165, 1.54) is 5.56 Å². The van der Waals surface area contributed by atoms with Crippen molar-refractivity contribution >= 4 is 5.57 Å². The number of nitrogens with zero attached hydrogens (tertiary/aromatic N) is 1. The molecule has 2 aromatic rings. The van der Waals surface area contributed by atoms with Gasteiger partial charge in [-0.2, -0.15) is 0 Å². The van der Waals surface area contributed by atoms with E-state index in [4.69, 9.17) is 14.0 Å². The molecule has 2 heterocycles. The predicted molar refractivity (Wildman–Crippen MR) is 91.7 cm³/mol. The minimum atomic E-state index is -0.580. The molecule has 1 aliphatic rings. The summed E-state index contributed by atoms with van der Waals surface area (Å²) < 4.78 is 16.7. The van der Waals surface area contributed by atoms with Gasteiger partial charge in [-0.15, -0.1) is 0 Å². The summed E-state index contributed by atoms with van der Waals surface area (Å²) in [5.41, 5.74) is 3.01. The van der Waals surface area contributed by atoms with Crippen LogP contribution in [-0.4, -0.2) is 10.9 Å². The van der Waals surface area contributed by atoms with E-state index < -0.39 is 5.79 Å². The zero-order valence-corrected chi connectivity index (χ0v) is 14.6.